The number of aliphatic hydroxyl groups excluding tert-OH is 1. The molecule has 0 saturated carbocycles. The Labute approximate surface area is 90.2 Å². The largest absolute Gasteiger partial charge is 0.396 e. The third kappa shape index (κ3) is 12.0. The highest BCUT2D eigenvalue weighted by molar-refractivity contribution is 7.80. The molecule has 3 heteroatoms. The van der Waals surface area contributed by atoms with Crippen molar-refractivity contribution in [1.29, 1.82) is 0 Å². The first-order valence-electron chi connectivity index (χ1n) is 4.60. The number of rotatable bonds is 5. The van der Waals surface area contributed by atoms with Crippen LogP contribution < -0.4 is 0 Å². The van der Waals surface area contributed by atoms with Gasteiger partial charge in [0.05, 0.1) is 0 Å². The Morgan fingerprint density at radius 2 is 1.62 bits per heavy atom. The van der Waals surface area contributed by atoms with Gasteiger partial charge in [-0.15, -0.1) is 0 Å². The lowest BCUT2D eigenvalue weighted by Crippen LogP contribution is -1.83. The van der Waals surface area contributed by atoms with Gasteiger partial charge in [-0.25, -0.2) is 0 Å². The smallest absolute Gasteiger partial charge is 0.0431 e. The predicted molar refractivity (Wildman–Crippen MR) is 63.7 cm³/mol. The molecule has 0 aliphatic carbocycles. The van der Waals surface area contributed by atoms with E-state index in [-0.39, 0.29) is 0 Å². The third-order valence-electron chi connectivity index (χ3n) is 1.49. The number of aliphatic hydroxyl groups is 1. The number of thiophene rings is 1. The number of unbranched alkanes of at least 4 members (excludes halogenated alkanes) is 3. The summed E-state index contributed by atoms with van der Waals surface area (Å²) in [7, 11) is 0. The minimum atomic E-state index is 0.340. The fraction of sp³-hybridized carbons (Fsp3) is 0.600. The first-order valence-corrected chi connectivity index (χ1v) is 6.18. The Morgan fingerprint density at radius 1 is 1.00 bits per heavy atom. The first-order chi connectivity index (χ1) is 6.41. The SMILES string of the molecule is OCCCCCCS.c1ccsc1. The molecule has 0 aliphatic rings. The van der Waals surface area contributed by atoms with Gasteiger partial charge in [0.25, 0.3) is 0 Å². The molecule has 0 bridgehead atoms. The summed E-state index contributed by atoms with van der Waals surface area (Å²) in [5.74, 6) is 0.978. The average Bonchev–Trinajstić information content (AvgIpc) is 2.70. The van der Waals surface area contributed by atoms with Crippen molar-refractivity contribution in [3.63, 3.8) is 0 Å². The zero-order valence-electron chi connectivity index (χ0n) is 7.85. The highest BCUT2D eigenvalue weighted by atomic mass is 32.1. The molecule has 1 nitrogen and oxygen atoms in total. The summed E-state index contributed by atoms with van der Waals surface area (Å²) in [4.78, 5) is 0. The van der Waals surface area contributed by atoms with E-state index >= 15 is 0 Å². The minimum absolute atomic E-state index is 0.340. The molecule has 1 rings (SSSR count). The Morgan fingerprint density at radius 3 is 2.00 bits per heavy atom. The maximum atomic E-state index is 8.35. The molecule has 0 atom stereocenters. The molecule has 0 spiro atoms. The third-order valence-corrected chi connectivity index (χ3v) is 2.44. The lowest BCUT2D eigenvalue weighted by molar-refractivity contribution is 0.283. The van der Waals surface area contributed by atoms with Crippen LogP contribution in [0.5, 0.6) is 0 Å². The van der Waals surface area contributed by atoms with Crippen LogP contribution in [0.25, 0.3) is 0 Å². The van der Waals surface area contributed by atoms with E-state index in [1.165, 1.54) is 12.8 Å². The zero-order chi connectivity index (χ0) is 9.78. The van der Waals surface area contributed by atoms with E-state index in [1.54, 1.807) is 11.3 Å². The molecule has 0 saturated heterocycles. The van der Waals surface area contributed by atoms with Crippen molar-refractivity contribution in [3.8, 4) is 0 Å². The van der Waals surface area contributed by atoms with Gasteiger partial charge < -0.3 is 5.11 Å². The van der Waals surface area contributed by atoms with Crippen molar-refractivity contribution < 1.29 is 5.11 Å². The van der Waals surface area contributed by atoms with Gasteiger partial charge in [0.2, 0.25) is 0 Å². The van der Waals surface area contributed by atoms with Crippen LogP contribution in [0.4, 0.5) is 0 Å². The van der Waals surface area contributed by atoms with Gasteiger partial charge in [0.15, 0.2) is 0 Å². The Hall–Kier alpha value is 0.01000. The van der Waals surface area contributed by atoms with Crippen LogP contribution in [0.15, 0.2) is 22.9 Å². The van der Waals surface area contributed by atoms with Crippen LogP contribution in [0.3, 0.4) is 0 Å². The Bertz CT molecular complexity index is 129. The van der Waals surface area contributed by atoms with Crippen molar-refractivity contribution in [2.24, 2.45) is 0 Å². The molecule has 0 radical (unpaired) electrons. The van der Waals surface area contributed by atoms with E-state index in [0.717, 1.165) is 18.6 Å². The molecular weight excluding hydrogens is 200 g/mol. The van der Waals surface area contributed by atoms with Crippen molar-refractivity contribution in [1.82, 2.24) is 0 Å². The second kappa shape index (κ2) is 12.0. The summed E-state index contributed by atoms with van der Waals surface area (Å²) >= 11 is 5.77. The number of hydrogen-bond acceptors (Lipinski definition) is 3. The van der Waals surface area contributed by atoms with Crippen LogP contribution in [-0.4, -0.2) is 17.5 Å². The van der Waals surface area contributed by atoms with Crippen LogP contribution in [0, 0.1) is 0 Å². The van der Waals surface area contributed by atoms with Gasteiger partial charge in [0.1, 0.15) is 0 Å². The van der Waals surface area contributed by atoms with E-state index in [0.29, 0.717) is 6.61 Å². The molecule has 1 aromatic rings. The van der Waals surface area contributed by atoms with Gasteiger partial charge in [-0.05, 0) is 29.4 Å². The molecule has 13 heavy (non-hydrogen) atoms. The molecule has 0 amide bonds. The van der Waals surface area contributed by atoms with E-state index in [1.807, 2.05) is 22.9 Å². The highest BCUT2D eigenvalue weighted by Crippen LogP contribution is 1.98. The Kier molecular flexibility index (Phi) is 12.0. The van der Waals surface area contributed by atoms with Crippen LogP contribution >= 0.6 is 24.0 Å². The van der Waals surface area contributed by atoms with Gasteiger partial charge in [-0.2, -0.15) is 24.0 Å². The van der Waals surface area contributed by atoms with Crippen LogP contribution in [0.2, 0.25) is 0 Å². The molecule has 1 N–H and O–H groups in total. The van der Waals surface area contributed by atoms with Gasteiger partial charge >= 0.3 is 0 Å². The van der Waals surface area contributed by atoms with Gasteiger partial charge in [-0.1, -0.05) is 25.0 Å². The van der Waals surface area contributed by atoms with Crippen LogP contribution in [-0.2, 0) is 0 Å². The summed E-state index contributed by atoms with van der Waals surface area (Å²) in [6.07, 6.45) is 4.50. The lowest BCUT2D eigenvalue weighted by atomic mass is 10.2. The van der Waals surface area contributed by atoms with Crippen molar-refractivity contribution >= 4 is 24.0 Å². The molecule has 1 aromatic heterocycles. The fourth-order valence-corrected chi connectivity index (χ4v) is 1.48. The summed E-state index contributed by atoms with van der Waals surface area (Å²) in [6.45, 7) is 0.340. The summed E-state index contributed by atoms with van der Waals surface area (Å²) in [5, 5.41) is 12.4. The average molecular weight is 218 g/mol. The predicted octanol–water partition coefficient (Wildman–Crippen LogP) is 3.22. The summed E-state index contributed by atoms with van der Waals surface area (Å²) in [5.41, 5.74) is 0. The highest BCUT2D eigenvalue weighted by Gasteiger charge is 1.84. The van der Waals surface area contributed by atoms with E-state index in [4.69, 9.17) is 5.11 Å². The maximum absolute atomic E-state index is 8.35. The number of thiol groups is 1. The summed E-state index contributed by atoms with van der Waals surface area (Å²) in [6, 6.07) is 4.04. The molecular formula is C10H18OS2. The molecule has 0 aliphatic heterocycles. The van der Waals surface area contributed by atoms with Crippen LogP contribution in [0.1, 0.15) is 25.7 Å². The maximum Gasteiger partial charge on any atom is 0.0431 e. The second-order valence-corrected chi connectivity index (χ2v) is 3.92. The number of hydrogen-bond donors (Lipinski definition) is 2. The van der Waals surface area contributed by atoms with Gasteiger partial charge in [-0.3, -0.25) is 0 Å². The van der Waals surface area contributed by atoms with Crippen molar-refractivity contribution in [2.45, 2.75) is 25.7 Å². The quantitative estimate of drug-likeness (QED) is 0.574. The fourth-order valence-electron chi connectivity index (χ4n) is 0.804. The molecule has 0 aromatic carbocycles. The van der Waals surface area contributed by atoms with Gasteiger partial charge in [0, 0.05) is 6.61 Å². The first kappa shape index (κ1) is 13.0. The molecule has 0 unspecified atom stereocenters. The molecule has 0 fully saturated rings. The monoisotopic (exact) mass is 218 g/mol. The topological polar surface area (TPSA) is 20.2 Å². The Balaban J connectivity index is 0.000000243. The van der Waals surface area contributed by atoms with E-state index in [2.05, 4.69) is 12.6 Å². The molecule has 76 valence electrons. The normalized spacial score (nSPS) is 9.08. The standard InChI is InChI=1S/C6H14OS.C4H4S/c7-5-3-1-2-4-6-8;1-2-4-5-3-1/h7-8H,1-6H2;1-4H. The summed E-state index contributed by atoms with van der Waals surface area (Å²) < 4.78 is 0. The zero-order valence-corrected chi connectivity index (χ0v) is 9.57. The van der Waals surface area contributed by atoms with E-state index < -0.39 is 0 Å². The minimum Gasteiger partial charge on any atom is -0.396 e. The van der Waals surface area contributed by atoms with Crippen molar-refractivity contribution in [3.05, 3.63) is 22.9 Å². The van der Waals surface area contributed by atoms with Crippen molar-refractivity contribution in [2.75, 3.05) is 12.4 Å². The van der Waals surface area contributed by atoms with E-state index in [9.17, 15) is 0 Å². The lowest BCUT2D eigenvalue weighted by Gasteiger charge is -1.93. The second-order valence-electron chi connectivity index (χ2n) is 2.65. The molecule has 1 heterocycles.